The molecule has 0 aromatic carbocycles. The second kappa shape index (κ2) is 5.56. The second-order valence-corrected chi connectivity index (χ2v) is 3.50. The van der Waals surface area contributed by atoms with Crippen LogP contribution in [0.3, 0.4) is 0 Å². The summed E-state index contributed by atoms with van der Waals surface area (Å²) >= 11 is 0. The van der Waals surface area contributed by atoms with Gasteiger partial charge in [-0.2, -0.15) is 0 Å². The van der Waals surface area contributed by atoms with Gasteiger partial charge < -0.3 is 17.2 Å². The van der Waals surface area contributed by atoms with E-state index in [1.807, 2.05) is 13.8 Å². The van der Waals surface area contributed by atoms with Crippen molar-refractivity contribution >= 4 is 11.8 Å². The molecule has 82 valence electrons. The van der Waals surface area contributed by atoms with Gasteiger partial charge in [-0.15, -0.1) is 0 Å². The Morgan fingerprint density at radius 3 is 2.07 bits per heavy atom. The smallest absolute Gasteiger partial charge is 0.235 e. The molecule has 14 heavy (non-hydrogen) atoms. The maximum absolute atomic E-state index is 10.7. The third-order valence-corrected chi connectivity index (χ3v) is 1.89. The van der Waals surface area contributed by atoms with E-state index in [2.05, 4.69) is 0 Å². The number of rotatable bonds is 6. The van der Waals surface area contributed by atoms with Crippen molar-refractivity contribution in [1.82, 2.24) is 4.90 Å². The van der Waals surface area contributed by atoms with Gasteiger partial charge in [0.1, 0.15) is 0 Å². The topological polar surface area (TPSA) is 115 Å². The molecular weight excluding hydrogens is 184 g/mol. The molecule has 0 spiro atoms. The first kappa shape index (κ1) is 12.9. The largest absolute Gasteiger partial charge is 0.369 e. The summed E-state index contributed by atoms with van der Waals surface area (Å²) in [5, 5.41) is 0. The van der Waals surface area contributed by atoms with Crippen molar-refractivity contribution in [1.29, 1.82) is 0 Å². The molecule has 0 aromatic heterocycles. The summed E-state index contributed by atoms with van der Waals surface area (Å²) in [6.07, 6.45) is 0. The van der Waals surface area contributed by atoms with Gasteiger partial charge in [-0.05, 0) is 13.8 Å². The molecule has 0 heterocycles. The van der Waals surface area contributed by atoms with Gasteiger partial charge in [0, 0.05) is 12.6 Å². The fourth-order valence-corrected chi connectivity index (χ4v) is 1.00. The van der Waals surface area contributed by atoms with Crippen LogP contribution in [0.1, 0.15) is 13.8 Å². The summed E-state index contributed by atoms with van der Waals surface area (Å²) in [4.78, 5) is 23.1. The van der Waals surface area contributed by atoms with Crippen LogP contribution in [-0.2, 0) is 9.59 Å². The summed E-state index contributed by atoms with van der Waals surface area (Å²) in [6, 6.07) is -0.676. The lowest BCUT2D eigenvalue weighted by atomic mass is 10.2. The van der Waals surface area contributed by atoms with E-state index in [-0.39, 0.29) is 19.1 Å². The van der Waals surface area contributed by atoms with Crippen molar-refractivity contribution < 1.29 is 9.59 Å². The van der Waals surface area contributed by atoms with Crippen molar-refractivity contribution in [3.63, 3.8) is 0 Å². The van der Waals surface area contributed by atoms with E-state index in [0.29, 0.717) is 0 Å². The van der Waals surface area contributed by atoms with Gasteiger partial charge in [-0.25, -0.2) is 0 Å². The minimum atomic E-state index is -0.767. The van der Waals surface area contributed by atoms with Crippen molar-refractivity contribution in [2.75, 3.05) is 13.1 Å². The third-order valence-electron chi connectivity index (χ3n) is 1.89. The normalized spacial score (nSPS) is 13.2. The molecule has 0 saturated heterocycles. The molecule has 0 aliphatic heterocycles. The van der Waals surface area contributed by atoms with E-state index >= 15 is 0 Å². The Balaban J connectivity index is 4.22. The average molecular weight is 202 g/mol. The lowest BCUT2D eigenvalue weighted by Crippen LogP contribution is -2.50. The van der Waals surface area contributed by atoms with Crippen LogP contribution < -0.4 is 17.2 Å². The van der Waals surface area contributed by atoms with E-state index in [9.17, 15) is 9.59 Å². The minimum absolute atomic E-state index is 0.0820. The van der Waals surface area contributed by atoms with Crippen LogP contribution in [0.5, 0.6) is 0 Å². The summed E-state index contributed by atoms with van der Waals surface area (Å²) in [7, 11) is 0. The van der Waals surface area contributed by atoms with E-state index in [4.69, 9.17) is 17.2 Å². The minimum Gasteiger partial charge on any atom is -0.369 e. The quantitative estimate of drug-likeness (QED) is 0.461. The van der Waals surface area contributed by atoms with Gasteiger partial charge in [0.15, 0.2) is 0 Å². The number of nitrogens with zero attached hydrogens (tertiary/aromatic N) is 1. The maximum Gasteiger partial charge on any atom is 0.235 e. The van der Waals surface area contributed by atoms with Crippen molar-refractivity contribution in [3.05, 3.63) is 0 Å². The lowest BCUT2D eigenvalue weighted by Gasteiger charge is -2.26. The highest BCUT2D eigenvalue weighted by Gasteiger charge is 2.18. The highest BCUT2D eigenvalue weighted by atomic mass is 16.1. The number of primary amides is 2. The number of amides is 2. The van der Waals surface area contributed by atoms with Crippen LogP contribution in [0.2, 0.25) is 0 Å². The molecule has 0 fully saturated rings. The van der Waals surface area contributed by atoms with E-state index in [1.54, 1.807) is 4.90 Å². The molecule has 1 unspecified atom stereocenters. The molecule has 6 nitrogen and oxygen atoms in total. The lowest BCUT2D eigenvalue weighted by molar-refractivity contribution is -0.122. The van der Waals surface area contributed by atoms with Gasteiger partial charge in [0.25, 0.3) is 0 Å². The van der Waals surface area contributed by atoms with E-state index in [1.165, 1.54) is 0 Å². The molecule has 0 aromatic rings. The van der Waals surface area contributed by atoms with Crippen LogP contribution in [0.15, 0.2) is 0 Å². The molecule has 6 heteroatoms. The molecule has 1 atom stereocenters. The van der Waals surface area contributed by atoms with E-state index < -0.39 is 17.9 Å². The molecule has 0 rings (SSSR count). The van der Waals surface area contributed by atoms with Crippen LogP contribution >= 0.6 is 0 Å². The highest BCUT2D eigenvalue weighted by molar-refractivity contribution is 5.80. The number of carbonyl (C=O) groups is 2. The molecule has 2 amide bonds. The predicted octanol–water partition coefficient (Wildman–Crippen LogP) is -2.01. The Morgan fingerprint density at radius 2 is 1.79 bits per heavy atom. The Kier molecular flexibility index (Phi) is 5.11. The van der Waals surface area contributed by atoms with Crippen molar-refractivity contribution in [2.45, 2.75) is 25.9 Å². The van der Waals surface area contributed by atoms with Crippen LogP contribution in [-0.4, -0.2) is 41.9 Å². The van der Waals surface area contributed by atoms with Gasteiger partial charge in [0.2, 0.25) is 11.8 Å². The molecule has 0 bridgehead atoms. The van der Waals surface area contributed by atoms with Gasteiger partial charge in [0.05, 0.1) is 12.6 Å². The molecule has 0 aliphatic rings. The van der Waals surface area contributed by atoms with Crippen molar-refractivity contribution in [2.24, 2.45) is 17.2 Å². The average Bonchev–Trinajstić information content (AvgIpc) is 2.01. The molecule has 0 aliphatic carbocycles. The zero-order chi connectivity index (χ0) is 11.3. The fourth-order valence-electron chi connectivity index (χ4n) is 1.00. The maximum atomic E-state index is 10.7. The zero-order valence-corrected chi connectivity index (χ0v) is 8.56. The fraction of sp³-hybridized carbons (Fsp3) is 0.750. The standard InChI is InChI=1S/C8H18N4O2/c1-5(2)12(4-7(10)13)3-6(9)8(11)14/h5-6H,3-4,9H2,1-2H3,(H2,10,13)(H2,11,14). The van der Waals surface area contributed by atoms with Crippen LogP contribution in [0.25, 0.3) is 0 Å². The predicted molar refractivity (Wildman–Crippen MR) is 53.1 cm³/mol. The summed E-state index contributed by atoms with van der Waals surface area (Å²) in [5.74, 6) is -1.03. The Labute approximate surface area is 83.4 Å². The summed E-state index contributed by atoms with van der Waals surface area (Å²) in [6.45, 7) is 4.10. The number of hydrogen-bond donors (Lipinski definition) is 3. The van der Waals surface area contributed by atoms with Crippen molar-refractivity contribution in [3.8, 4) is 0 Å². The zero-order valence-electron chi connectivity index (χ0n) is 8.56. The molecule has 6 N–H and O–H groups in total. The molecule has 0 radical (unpaired) electrons. The molecular formula is C8H18N4O2. The van der Waals surface area contributed by atoms with Crippen LogP contribution in [0, 0.1) is 0 Å². The Bertz CT molecular complexity index is 217. The Morgan fingerprint density at radius 1 is 1.29 bits per heavy atom. The SMILES string of the molecule is CC(C)N(CC(N)=O)CC(N)C(N)=O. The molecule has 0 saturated carbocycles. The van der Waals surface area contributed by atoms with Gasteiger partial charge >= 0.3 is 0 Å². The first-order chi connectivity index (χ1) is 6.34. The summed E-state index contributed by atoms with van der Waals surface area (Å²) in [5.41, 5.74) is 15.5. The van der Waals surface area contributed by atoms with Crippen LogP contribution in [0.4, 0.5) is 0 Å². The number of carbonyl (C=O) groups excluding carboxylic acids is 2. The first-order valence-electron chi connectivity index (χ1n) is 4.41. The van der Waals surface area contributed by atoms with Gasteiger partial charge in [-0.1, -0.05) is 0 Å². The first-order valence-corrected chi connectivity index (χ1v) is 4.41. The summed E-state index contributed by atoms with van der Waals surface area (Å²) < 4.78 is 0. The third kappa shape index (κ3) is 4.78. The second-order valence-electron chi connectivity index (χ2n) is 3.50. The monoisotopic (exact) mass is 202 g/mol. The van der Waals surface area contributed by atoms with Gasteiger partial charge in [-0.3, -0.25) is 14.5 Å². The highest BCUT2D eigenvalue weighted by Crippen LogP contribution is 1.98. The number of hydrogen-bond acceptors (Lipinski definition) is 4. The number of nitrogens with two attached hydrogens (primary N) is 3. The van der Waals surface area contributed by atoms with E-state index in [0.717, 1.165) is 0 Å². The Hall–Kier alpha value is -1.14.